The Kier molecular flexibility index (Phi) is 8.72. The quantitative estimate of drug-likeness (QED) is 0.621. The SMILES string of the molecule is CC(C)NCCCCCOCC1CCCCC1. The van der Waals surface area contributed by atoms with E-state index in [1.54, 1.807) is 0 Å². The average Bonchev–Trinajstić information content (AvgIpc) is 2.33. The third-order valence-corrected chi connectivity index (χ3v) is 3.60. The Morgan fingerprint density at radius 2 is 1.82 bits per heavy atom. The van der Waals surface area contributed by atoms with E-state index >= 15 is 0 Å². The van der Waals surface area contributed by atoms with E-state index in [0.29, 0.717) is 6.04 Å². The minimum absolute atomic E-state index is 0.623. The first kappa shape index (κ1) is 15.0. The molecular formula is C15H31NO. The maximum Gasteiger partial charge on any atom is 0.0494 e. The monoisotopic (exact) mass is 241 g/mol. The summed E-state index contributed by atoms with van der Waals surface area (Å²) >= 11 is 0. The van der Waals surface area contributed by atoms with Gasteiger partial charge in [-0.1, -0.05) is 33.1 Å². The van der Waals surface area contributed by atoms with Crippen molar-refractivity contribution < 1.29 is 4.74 Å². The van der Waals surface area contributed by atoms with E-state index < -0.39 is 0 Å². The standard InChI is InChI=1S/C15H31NO/c1-14(2)16-11-7-4-8-12-17-13-15-9-5-3-6-10-15/h14-16H,3-13H2,1-2H3. The van der Waals surface area contributed by atoms with E-state index in [4.69, 9.17) is 4.74 Å². The van der Waals surface area contributed by atoms with Gasteiger partial charge in [0, 0.05) is 19.3 Å². The maximum absolute atomic E-state index is 5.78. The zero-order chi connectivity index (χ0) is 12.3. The minimum Gasteiger partial charge on any atom is -0.381 e. The molecular weight excluding hydrogens is 210 g/mol. The van der Waals surface area contributed by atoms with Gasteiger partial charge in [0.1, 0.15) is 0 Å². The summed E-state index contributed by atoms with van der Waals surface area (Å²) in [6.45, 7) is 7.54. The van der Waals surface area contributed by atoms with Crippen LogP contribution in [0.15, 0.2) is 0 Å². The highest BCUT2D eigenvalue weighted by atomic mass is 16.5. The number of nitrogens with one attached hydrogen (secondary N) is 1. The molecule has 0 aromatic heterocycles. The van der Waals surface area contributed by atoms with Crippen molar-refractivity contribution in [2.75, 3.05) is 19.8 Å². The van der Waals surface area contributed by atoms with Crippen LogP contribution in [0.25, 0.3) is 0 Å². The maximum atomic E-state index is 5.78. The van der Waals surface area contributed by atoms with E-state index in [1.165, 1.54) is 51.4 Å². The number of hydrogen-bond acceptors (Lipinski definition) is 2. The summed E-state index contributed by atoms with van der Waals surface area (Å²) in [4.78, 5) is 0. The molecule has 0 saturated heterocycles. The normalized spacial score (nSPS) is 17.8. The molecule has 2 nitrogen and oxygen atoms in total. The summed E-state index contributed by atoms with van der Waals surface area (Å²) in [6, 6.07) is 0.623. The molecule has 0 atom stereocenters. The highest BCUT2D eigenvalue weighted by Gasteiger charge is 2.12. The summed E-state index contributed by atoms with van der Waals surface area (Å²) < 4.78 is 5.78. The Balaban J connectivity index is 1.78. The van der Waals surface area contributed by atoms with Crippen molar-refractivity contribution in [3.63, 3.8) is 0 Å². The van der Waals surface area contributed by atoms with Crippen molar-refractivity contribution in [2.24, 2.45) is 5.92 Å². The molecule has 0 bridgehead atoms. The Morgan fingerprint density at radius 1 is 1.06 bits per heavy atom. The van der Waals surface area contributed by atoms with Crippen LogP contribution in [0.4, 0.5) is 0 Å². The van der Waals surface area contributed by atoms with Gasteiger partial charge in [0.2, 0.25) is 0 Å². The van der Waals surface area contributed by atoms with Gasteiger partial charge in [0.25, 0.3) is 0 Å². The highest BCUT2D eigenvalue weighted by molar-refractivity contribution is 4.64. The minimum atomic E-state index is 0.623. The molecule has 0 spiro atoms. The smallest absolute Gasteiger partial charge is 0.0494 e. The molecule has 0 aromatic rings. The number of ether oxygens (including phenoxy) is 1. The van der Waals surface area contributed by atoms with Crippen LogP contribution < -0.4 is 5.32 Å². The number of rotatable bonds is 9. The van der Waals surface area contributed by atoms with Crippen LogP contribution in [0.2, 0.25) is 0 Å². The van der Waals surface area contributed by atoms with E-state index in [1.807, 2.05) is 0 Å². The second-order valence-electron chi connectivity index (χ2n) is 5.75. The van der Waals surface area contributed by atoms with Crippen molar-refractivity contribution in [1.29, 1.82) is 0 Å². The molecule has 0 amide bonds. The lowest BCUT2D eigenvalue weighted by Crippen LogP contribution is -2.23. The fourth-order valence-electron chi connectivity index (χ4n) is 2.50. The Morgan fingerprint density at radius 3 is 2.53 bits per heavy atom. The fraction of sp³-hybridized carbons (Fsp3) is 1.00. The van der Waals surface area contributed by atoms with Crippen LogP contribution in [0, 0.1) is 5.92 Å². The van der Waals surface area contributed by atoms with Crippen LogP contribution in [-0.2, 0) is 4.74 Å². The van der Waals surface area contributed by atoms with Crippen LogP contribution in [0.5, 0.6) is 0 Å². The number of hydrogen-bond donors (Lipinski definition) is 1. The highest BCUT2D eigenvalue weighted by Crippen LogP contribution is 2.23. The van der Waals surface area contributed by atoms with Gasteiger partial charge in [0.05, 0.1) is 0 Å². The van der Waals surface area contributed by atoms with Crippen molar-refractivity contribution >= 4 is 0 Å². The summed E-state index contributed by atoms with van der Waals surface area (Å²) in [7, 11) is 0. The topological polar surface area (TPSA) is 21.3 Å². The average molecular weight is 241 g/mol. The predicted octanol–water partition coefficient (Wildman–Crippen LogP) is 3.75. The lowest BCUT2D eigenvalue weighted by molar-refractivity contribution is 0.0825. The summed E-state index contributed by atoms with van der Waals surface area (Å²) in [6.07, 6.45) is 10.9. The van der Waals surface area contributed by atoms with Crippen LogP contribution in [0.3, 0.4) is 0 Å². The molecule has 0 aliphatic heterocycles. The molecule has 1 rings (SSSR count). The van der Waals surface area contributed by atoms with E-state index in [9.17, 15) is 0 Å². The Labute approximate surface area is 108 Å². The summed E-state index contributed by atoms with van der Waals surface area (Å²) in [5, 5.41) is 3.45. The van der Waals surface area contributed by atoms with Crippen molar-refractivity contribution in [3.8, 4) is 0 Å². The van der Waals surface area contributed by atoms with Crippen molar-refractivity contribution in [3.05, 3.63) is 0 Å². The largest absolute Gasteiger partial charge is 0.381 e. The van der Waals surface area contributed by atoms with Gasteiger partial charge in [-0.15, -0.1) is 0 Å². The van der Waals surface area contributed by atoms with Gasteiger partial charge >= 0.3 is 0 Å². The van der Waals surface area contributed by atoms with Gasteiger partial charge in [-0.05, 0) is 44.6 Å². The van der Waals surface area contributed by atoms with Crippen LogP contribution in [-0.4, -0.2) is 25.8 Å². The molecule has 1 aliphatic carbocycles. The van der Waals surface area contributed by atoms with Gasteiger partial charge in [-0.3, -0.25) is 0 Å². The molecule has 0 radical (unpaired) electrons. The zero-order valence-electron chi connectivity index (χ0n) is 11.8. The van der Waals surface area contributed by atoms with Crippen LogP contribution >= 0.6 is 0 Å². The lowest BCUT2D eigenvalue weighted by atomic mass is 9.90. The molecule has 1 saturated carbocycles. The van der Waals surface area contributed by atoms with E-state index in [0.717, 1.165) is 25.7 Å². The molecule has 17 heavy (non-hydrogen) atoms. The first-order valence-corrected chi connectivity index (χ1v) is 7.60. The third kappa shape index (κ3) is 8.62. The molecule has 2 heteroatoms. The van der Waals surface area contributed by atoms with E-state index in [2.05, 4.69) is 19.2 Å². The van der Waals surface area contributed by atoms with Crippen molar-refractivity contribution in [1.82, 2.24) is 5.32 Å². The van der Waals surface area contributed by atoms with Gasteiger partial charge in [-0.2, -0.15) is 0 Å². The summed E-state index contributed by atoms with van der Waals surface area (Å²) in [5.41, 5.74) is 0. The van der Waals surface area contributed by atoms with Gasteiger partial charge < -0.3 is 10.1 Å². The summed E-state index contributed by atoms with van der Waals surface area (Å²) in [5.74, 6) is 0.867. The predicted molar refractivity (Wildman–Crippen MR) is 74.4 cm³/mol. The molecule has 0 heterocycles. The molecule has 102 valence electrons. The van der Waals surface area contributed by atoms with Gasteiger partial charge in [0.15, 0.2) is 0 Å². The number of unbranched alkanes of at least 4 members (excludes halogenated alkanes) is 2. The second kappa shape index (κ2) is 9.90. The lowest BCUT2D eigenvalue weighted by Gasteiger charge is -2.21. The van der Waals surface area contributed by atoms with E-state index in [-0.39, 0.29) is 0 Å². The molecule has 1 N–H and O–H groups in total. The van der Waals surface area contributed by atoms with Crippen molar-refractivity contribution in [2.45, 2.75) is 71.3 Å². The molecule has 1 aliphatic rings. The zero-order valence-corrected chi connectivity index (χ0v) is 11.8. The second-order valence-corrected chi connectivity index (χ2v) is 5.75. The fourth-order valence-corrected chi connectivity index (χ4v) is 2.50. The van der Waals surface area contributed by atoms with Crippen LogP contribution in [0.1, 0.15) is 65.2 Å². The molecule has 0 unspecified atom stereocenters. The molecule has 1 fully saturated rings. The Bertz CT molecular complexity index is 164. The Hall–Kier alpha value is -0.0800. The third-order valence-electron chi connectivity index (χ3n) is 3.60. The first-order chi connectivity index (χ1) is 8.29. The van der Waals surface area contributed by atoms with Gasteiger partial charge in [-0.25, -0.2) is 0 Å². The first-order valence-electron chi connectivity index (χ1n) is 7.60. The molecule has 0 aromatic carbocycles.